The predicted octanol–water partition coefficient (Wildman–Crippen LogP) is 7.13. The highest BCUT2D eigenvalue weighted by Crippen LogP contribution is 2.18. The number of hydrogen-bond donors (Lipinski definition) is 0. The summed E-state index contributed by atoms with van der Waals surface area (Å²) in [5, 5.41) is 10.9. The molecular formula is C23H35NO2S. The van der Waals surface area contributed by atoms with Crippen LogP contribution in [0.15, 0.2) is 30.3 Å². The fraction of sp³-hybridized carbons (Fsp3) is 0.652. The van der Waals surface area contributed by atoms with Crippen LogP contribution in [-0.4, -0.2) is 17.8 Å². The van der Waals surface area contributed by atoms with Crippen LogP contribution in [0.4, 0.5) is 0 Å². The maximum atomic E-state index is 12.4. The second-order valence-corrected chi connectivity index (χ2v) is 7.88. The minimum Gasteiger partial charge on any atom is -0.358 e. The van der Waals surface area contributed by atoms with Crippen molar-refractivity contribution in [2.75, 3.05) is 6.61 Å². The molecule has 0 fully saturated rings. The first kappa shape index (κ1) is 23.7. The van der Waals surface area contributed by atoms with Crippen LogP contribution in [0.1, 0.15) is 94.3 Å². The minimum atomic E-state index is -0.717. The van der Waals surface area contributed by atoms with Crippen LogP contribution in [0.3, 0.4) is 0 Å². The number of ether oxygens (including phenoxy) is 1. The third-order valence-electron chi connectivity index (χ3n) is 4.70. The lowest BCUT2D eigenvalue weighted by Crippen LogP contribution is -2.21. The Balaban J connectivity index is 2.04. The summed E-state index contributed by atoms with van der Waals surface area (Å²) in [6.45, 7) is 2.80. The van der Waals surface area contributed by atoms with Gasteiger partial charge >= 0.3 is 0 Å². The molecule has 0 spiro atoms. The van der Waals surface area contributed by atoms with Gasteiger partial charge in [-0.2, -0.15) is 5.26 Å². The second kappa shape index (κ2) is 16.8. The molecule has 0 saturated heterocycles. The van der Waals surface area contributed by atoms with Gasteiger partial charge in [0.15, 0.2) is 5.44 Å². The van der Waals surface area contributed by atoms with Gasteiger partial charge in [0.2, 0.25) is 5.78 Å². The van der Waals surface area contributed by atoms with Crippen molar-refractivity contribution in [2.45, 2.75) is 89.4 Å². The molecule has 0 saturated carbocycles. The number of unbranched alkanes of at least 4 members (excludes halogenated alkanes) is 11. The van der Waals surface area contributed by atoms with Gasteiger partial charge in [-0.15, -0.1) is 0 Å². The first-order valence-electron chi connectivity index (χ1n) is 10.5. The second-order valence-electron chi connectivity index (χ2n) is 7.03. The Hall–Kier alpha value is -1.31. The number of rotatable bonds is 17. The van der Waals surface area contributed by atoms with E-state index in [0.717, 1.165) is 24.6 Å². The SMILES string of the molecule is CCCCCCCCCCCCCCOC(SC#N)C(=O)c1ccccc1. The van der Waals surface area contributed by atoms with Gasteiger partial charge in [-0.25, -0.2) is 0 Å². The largest absolute Gasteiger partial charge is 0.358 e. The Bertz CT molecular complexity index is 527. The van der Waals surface area contributed by atoms with E-state index in [1.165, 1.54) is 64.2 Å². The van der Waals surface area contributed by atoms with Crippen LogP contribution < -0.4 is 0 Å². The van der Waals surface area contributed by atoms with Crippen LogP contribution in [0.25, 0.3) is 0 Å². The van der Waals surface area contributed by atoms with Crippen LogP contribution >= 0.6 is 11.8 Å². The minimum absolute atomic E-state index is 0.124. The number of thiocyanates is 1. The zero-order chi connectivity index (χ0) is 19.6. The number of benzene rings is 1. The summed E-state index contributed by atoms with van der Waals surface area (Å²) in [6.07, 6.45) is 15.5. The van der Waals surface area contributed by atoms with Crippen molar-refractivity contribution < 1.29 is 9.53 Å². The third-order valence-corrected chi connectivity index (χ3v) is 5.37. The molecule has 0 bridgehead atoms. The molecular weight excluding hydrogens is 354 g/mol. The molecule has 150 valence electrons. The zero-order valence-electron chi connectivity index (χ0n) is 16.8. The van der Waals surface area contributed by atoms with E-state index in [1.807, 2.05) is 23.6 Å². The van der Waals surface area contributed by atoms with Crippen molar-refractivity contribution in [3.63, 3.8) is 0 Å². The van der Waals surface area contributed by atoms with Gasteiger partial charge in [0.25, 0.3) is 0 Å². The molecule has 0 radical (unpaired) electrons. The number of Topliss-reactive ketones (excluding diaryl/α,β-unsaturated/α-hetero) is 1. The molecule has 0 aliphatic rings. The molecule has 0 heterocycles. The maximum Gasteiger partial charge on any atom is 0.202 e. The number of ketones is 1. The molecule has 1 unspecified atom stereocenters. The van der Waals surface area contributed by atoms with Gasteiger partial charge in [0, 0.05) is 12.2 Å². The summed E-state index contributed by atoms with van der Waals surface area (Å²) in [7, 11) is 0. The molecule has 4 heteroatoms. The van der Waals surface area contributed by atoms with Crippen LogP contribution in [0.5, 0.6) is 0 Å². The Morgan fingerprint density at radius 2 is 1.44 bits per heavy atom. The average Bonchev–Trinajstić information content (AvgIpc) is 2.70. The fourth-order valence-electron chi connectivity index (χ4n) is 3.08. The highest BCUT2D eigenvalue weighted by molar-refractivity contribution is 8.04. The molecule has 1 aromatic carbocycles. The topological polar surface area (TPSA) is 50.1 Å². The van der Waals surface area contributed by atoms with E-state index in [-0.39, 0.29) is 5.78 Å². The summed E-state index contributed by atoms with van der Waals surface area (Å²) >= 11 is 0.897. The lowest BCUT2D eigenvalue weighted by atomic mass is 10.1. The average molecular weight is 390 g/mol. The van der Waals surface area contributed by atoms with Crippen molar-refractivity contribution in [1.29, 1.82) is 5.26 Å². The normalized spacial score (nSPS) is 11.9. The van der Waals surface area contributed by atoms with Gasteiger partial charge < -0.3 is 4.74 Å². The number of nitriles is 1. The molecule has 1 rings (SSSR count). The van der Waals surface area contributed by atoms with Gasteiger partial charge in [-0.1, -0.05) is 108 Å². The van der Waals surface area contributed by atoms with Crippen LogP contribution in [0.2, 0.25) is 0 Å². The van der Waals surface area contributed by atoms with Gasteiger partial charge in [0.1, 0.15) is 5.40 Å². The van der Waals surface area contributed by atoms with E-state index < -0.39 is 5.44 Å². The van der Waals surface area contributed by atoms with E-state index >= 15 is 0 Å². The number of carbonyl (C=O) groups excluding carboxylic acids is 1. The maximum absolute atomic E-state index is 12.4. The van der Waals surface area contributed by atoms with E-state index in [0.29, 0.717) is 12.2 Å². The Kier molecular flexibility index (Phi) is 14.8. The van der Waals surface area contributed by atoms with E-state index in [9.17, 15) is 4.79 Å². The molecule has 1 atom stereocenters. The zero-order valence-corrected chi connectivity index (χ0v) is 17.6. The lowest BCUT2D eigenvalue weighted by Gasteiger charge is -2.13. The third kappa shape index (κ3) is 11.9. The van der Waals surface area contributed by atoms with Crippen molar-refractivity contribution in [1.82, 2.24) is 0 Å². The number of hydrogen-bond acceptors (Lipinski definition) is 4. The summed E-state index contributed by atoms with van der Waals surface area (Å²) in [5.41, 5.74) is -0.120. The summed E-state index contributed by atoms with van der Waals surface area (Å²) in [6, 6.07) is 9.05. The Morgan fingerprint density at radius 1 is 0.926 bits per heavy atom. The van der Waals surface area contributed by atoms with E-state index in [4.69, 9.17) is 10.00 Å². The lowest BCUT2D eigenvalue weighted by molar-refractivity contribution is 0.0670. The van der Waals surface area contributed by atoms with E-state index in [2.05, 4.69) is 6.92 Å². The summed E-state index contributed by atoms with van der Waals surface area (Å²) < 4.78 is 5.68. The van der Waals surface area contributed by atoms with Gasteiger partial charge in [0.05, 0.1) is 0 Å². The highest BCUT2D eigenvalue weighted by Gasteiger charge is 2.21. The van der Waals surface area contributed by atoms with Crippen molar-refractivity contribution in [3.8, 4) is 5.40 Å². The molecule has 1 aromatic rings. The number of carbonyl (C=O) groups is 1. The van der Waals surface area contributed by atoms with Crippen molar-refractivity contribution in [3.05, 3.63) is 35.9 Å². The van der Waals surface area contributed by atoms with Crippen LogP contribution in [0, 0.1) is 10.7 Å². The van der Waals surface area contributed by atoms with Gasteiger partial charge in [-0.05, 0) is 18.2 Å². The molecule has 0 aliphatic heterocycles. The van der Waals surface area contributed by atoms with Gasteiger partial charge in [-0.3, -0.25) is 4.79 Å². The molecule has 0 aromatic heterocycles. The van der Waals surface area contributed by atoms with E-state index in [1.54, 1.807) is 12.1 Å². The smallest absolute Gasteiger partial charge is 0.202 e. The molecule has 0 N–H and O–H groups in total. The van der Waals surface area contributed by atoms with Crippen LogP contribution in [-0.2, 0) is 4.74 Å². The number of thioether (sulfide) groups is 1. The first-order chi connectivity index (χ1) is 13.3. The monoisotopic (exact) mass is 389 g/mol. The number of nitrogens with zero attached hydrogens (tertiary/aromatic N) is 1. The quantitative estimate of drug-likeness (QED) is 0.123. The molecule has 27 heavy (non-hydrogen) atoms. The standard InChI is InChI=1S/C23H35NO2S/c1-2-3-4-5-6-7-8-9-10-11-12-16-19-26-23(27-20-24)22(25)21-17-14-13-15-18-21/h13-15,17-18,23H,2-12,16,19H2,1H3. The fourth-order valence-corrected chi connectivity index (χ4v) is 3.59. The first-order valence-corrected chi connectivity index (χ1v) is 11.4. The Labute approximate surface area is 169 Å². The molecule has 0 aliphatic carbocycles. The Morgan fingerprint density at radius 3 is 1.96 bits per heavy atom. The molecule has 3 nitrogen and oxygen atoms in total. The predicted molar refractivity (Wildman–Crippen MR) is 115 cm³/mol. The van der Waals surface area contributed by atoms with Crippen molar-refractivity contribution in [2.24, 2.45) is 0 Å². The highest BCUT2D eigenvalue weighted by atomic mass is 32.2. The summed E-state index contributed by atoms with van der Waals surface area (Å²) in [5.74, 6) is -0.124. The summed E-state index contributed by atoms with van der Waals surface area (Å²) in [4.78, 5) is 12.4. The van der Waals surface area contributed by atoms with Crippen molar-refractivity contribution >= 4 is 17.5 Å². The molecule has 0 amide bonds.